The number of likely N-dealkylation sites (N-methyl/N-ethyl adjacent to an activating group) is 1. The summed E-state index contributed by atoms with van der Waals surface area (Å²) >= 11 is 3.31. The maximum Gasteiger partial charge on any atom is 0.238 e. The predicted molar refractivity (Wildman–Crippen MR) is 108 cm³/mol. The molecule has 1 amide bonds. The van der Waals surface area contributed by atoms with Crippen LogP contribution >= 0.6 is 22.7 Å². The lowest BCUT2D eigenvalue weighted by atomic mass is 10.3. The Morgan fingerprint density at radius 2 is 2.12 bits per heavy atom. The molecule has 1 aromatic carbocycles. The summed E-state index contributed by atoms with van der Waals surface area (Å²) in [5.74, 6) is 0.591. The number of rotatable bonds is 8. The van der Waals surface area contributed by atoms with E-state index in [2.05, 4.69) is 32.4 Å². The zero-order chi connectivity index (χ0) is 18.4. The number of nitrogens with zero attached hydrogens (tertiary/aromatic N) is 2. The highest BCUT2D eigenvalue weighted by atomic mass is 32.1. The topological polar surface area (TPSA) is 54.5 Å². The van der Waals surface area contributed by atoms with Crippen LogP contribution in [0.3, 0.4) is 0 Å². The van der Waals surface area contributed by atoms with Gasteiger partial charge in [-0.2, -0.15) is 11.3 Å². The van der Waals surface area contributed by atoms with Crippen molar-refractivity contribution >= 4 is 34.3 Å². The molecule has 3 rings (SSSR count). The van der Waals surface area contributed by atoms with Gasteiger partial charge in [0.25, 0.3) is 0 Å². The summed E-state index contributed by atoms with van der Waals surface area (Å²) in [5.41, 5.74) is 2.83. The van der Waals surface area contributed by atoms with Crippen molar-refractivity contribution in [3.05, 3.63) is 52.2 Å². The predicted octanol–water partition coefficient (Wildman–Crippen LogP) is 4.34. The van der Waals surface area contributed by atoms with Crippen LogP contribution in [-0.4, -0.2) is 36.0 Å². The molecule has 0 unspecified atom stereocenters. The third-order valence-corrected chi connectivity index (χ3v) is 5.52. The van der Waals surface area contributed by atoms with Gasteiger partial charge in [-0.05, 0) is 30.1 Å². The van der Waals surface area contributed by atoms with Crippen LogP contribution in [0.15, 0.2) is 46.5 Å². The lowest BCUT2D eigenvalue weighted by Gasteiger charge is -2.19. The van der Waals surface area contributed by atoms with Crippen LogP contribution in [0.5, 0.6) is 5.75 Å². The maximum atomic E-state index is 12.4. The van der Waals surface area contributed by atoms with Gasteiger partial charge in [0.2, 0.25) is 5.91 Å². The molecule has 0 fully saturated rings. The van der Waals surface area contributed by atoms with Gasteiger partial charge in [0.15, 0.2) is 0 Å². The molecule has 26 heavy (non-hydrogen) atoms. The van der Waals surface area contributed by atoms with E-state index in [-0.39, 0.29) is 5.91 Å². The van der Waals surface area contributed by atoms with Gasteiger partial charge in [0.05, 0.1) is 25.0 Å². The van der Waals surface area contributed by atoms with Crippen LogP contribution in [0.1, 0.15) is 12.6 Å². The fourth-order valence-corrected chi connectivity index (χ4v) is 4.07. The van der Waals surface area contributed by atoms with Gasteiger partial charge >= 0.3 is 0 Å². The molecule has 7 heteroatoms. The number of nitrogens with one attached hydrogen (secondary N) is 1. The van der Waals surface area contributed by atoms with Crippen LogP contribution in [0, 0.1) is 0 Å². The number of hydrogen-bond acceptors (Lipinski definition) is 6. The molecule has 2 aromatic heterocycles. The Morgan fingerprint density at radius 1 is 1.27 bits per heavy atom. The number of benzene rings is 1. The first kappa shape index (κ1) is 18.6. The van der Waals surface area contributed by atoms with E-state index < -0.39 is 0 Å². The maximum absolute atomic E-state index is 12.4. The molecular weight excluding hydrogens is 366 g/mol. The number of carbonyl (C=O) groups is 1. The van der Waals surface area contributed by atoms with Gasteiger partial charge in [0, 0.05) is 22.9 Å². The number of para-hydroxylation sites is 2. The van der Waals surface area contributed by atoms with Crippen molar-refractivity contribution in [2.24, 2.45) is 0 Å². The Balaban J connectivity index is 1.60. The van der Waals surface area contributed by atoms with Crippen molar-refractivity contribution in [3.8, 4) is 16.3 Å². The molecule has 0 saturated carbocycles. The average Bonchev–Trinajstić information content (AvgIpc) is 3.33. The minimum absolute atomic E-state index is 0.0652. The number of thiophene rings is 1. The molecule has 1 N–H and O–H groups in total. The fraction of sp³-hybridized carbons (Fsp3) is 0.263. The van der Waals surface area contributed by atoms with E-state index in [1.165, 1.54) is 0 Å². The van der Waals surface area contributed by atoms with Gasteiger partial charge in [-0.25, -0.2) is 4.98 Å². The number of hydrogen-bond donors (Lipinski definition) is 1. The molecule has 5 nitrogen and oxygen atoms in total. The van der Waals surface area contributed by atoms with Crippen molar-refractivity contribution in [2.45, 2.75) is 13.5 Å². The SMILES string of the molecule is CCN(CC(=O)Nc1ccccc1OC)Cc1csc(-c2ccsc2)n1. The van der Waals surface area contributed by atoms with E-state index in [1.54, 1.807) is 29.8 Å². The Bertz CT molecular complexity index is 846. The molecule has 0 saturated heterocycles. The molecule has 0 aliphatic carbocycles. The van der Waals surface area contributed by atoms with Crippen molar-refractivity contribution in [3.63, 3.8) is 0 Å². The Labute approximate surface area is 161 Å². The molecule has 0 atom stereocenters. The third kappa shape index (κ3) is 4.69. The molecule has 136 valence electrons. The van der Waals surface area contributed by atoms with E-state index >= 15 is 0 Å². The van der Waals surface area contributed by atoms with Crippen molar-refractivity contribution < 1.29 is 9.53 Å². The number of thiazole rings is 1. The minimum atomic E-state index is -0.0652. The third-order valence-electron chi connectivity index (χ3n) is 3.90. The highest BCUT2D eigenvalue weighted by molar-refractivity contribution is 7.14. The van der Waals surface area contributed by atoms with Gasteiger partial charge < -0.3 is 10.1 Å². The van der Waals surface area contributed by atoms with Gasteiger partial charge in [-0.1, -0.05) is 19.1 Å². The highest BCUT2D eigenvalue weighted by Crippen LogP contribution is 2.26. The van der Waals surface area contributed by atoms with Gasteiger partial charge in [0.1, 0.15) is 10.8 Å². The molecule has 0 radical (unpaired) electrons. The van der Waals surface area contributed by atoms with Crippen molar-refractivity contribution in [1.29, 1.82) is 0 Å². The molecular formula is C19H21N3O2S2. The van der Waals surface area contributed by atoms with E-state index in [0.717, 1.165) is 22.8 Å². The Kier molecular flexibility index (Phi) is 6.38. The standard InChI is InChI=1S/C19H21N3O2S2/c1-3-22(10-15-13-26-19(20-15)14-8-9-25-12-14)11-18(23)21-16-6-4-5-7-17(16)24-2/h4-9,12-13H,3,10-11H2,1-2H3,(H,21,23). The summed E-state index contributed by atoms with van der Waals surface area (Å²) in [6.45, 7) is 3.77. The molecule has 0 spiro atoms. The number of anilines is 1. The smallest absolute Gasteiger partial charge is 0.238 e. The van der Waals surface area contributed by atoms with Crippen LogP contribution in [0.4, 0.5) is 5.69 Å². The molecule has 3 aromatic rings. The first-order chi connectivity index (χ1) is 12.7. The second kappa shape index (κ2) is 8.93. The van der Waals surface area contributed by atoms with Gasteiger partial charge in [-0.3, -0.25) is 9.69 Å². The lowest BCUT2D eigenvalue weighted by Crippen LogP contribution is -2.32. The van der Waals surface area contributed by atoms with Crippen LogP contribution in [0.25, 0.3) is 10.6 Å². The van der Waals surface area contributed by atoms with Crippen molar-refractivity contribution in [2.75, 3.05) is 25.5 Å². The number of methoxy groups -OCH3 is 1. The quantitative estimate of drug-likeness (QED) is 0.625. The minimum Gasteiger partial charge on any atom is -0.495 e. The summed E-state index contributed by atoms with van der Waals surface area (Å²) in [6.07, 6.45) is 0. The second-order valence-corrected chi connectivity index (χ2v) is 7.35. The molecule has 2 heterocycles. The summed E-state index contributed by atoms with van der Waals surface area (Å²) in [5, 5.41) is 10.2. The van der Waals surface area contributed by atoms with E-state index in [9.17, 15) is 4.79 Å². The Morgan fingerprint density at radius 3 is 2.85 bits per heavy atom. The number of amides is 1. The van der Waals surface area contributed by atoms with E-state index in [0.29, 0.717) is 24.5 Å². The monoisotopic (exact) mass is 387 g/mol. The first-order valence-electron chi connectivity index (χ1n) is 8.31. The van der Waals surface area contributed by atoms with E-state index in [4.69, 9.17) is 9.72 Å². The average molecular weight is 388 g/mol. The highest BCUT2D eigenvalue weighted by Gasteiger charge is 2.14. The largest absolute Gasteiger partial charge is 0.495 e. The van der Waals surface area contributed by atoms with Crippen LogP contribution < -0.4 is 10.1 Å². The summed E-state index contributed by atoms with van der Waals surface area (Å²) in [4.78, 5) is 19.2. The van der Waals surface area contributed by atoms with Crippen LogP contribution in [-0.2, 0) is 11.3 Å². The first-order valence-corrected chi connectivity index (χ1v) is 10.1. The summed E-state index contributed by atoms with van der Waals surface area (Å²) in [6, 6.07) is 9.48. The number of ether oxygens (including phenoxy) is 1. The lowest BCUT2D eigenvalue weighted by molar-refractivity contribution is -0.117. The summed E-state index contributed by atoms with van der Waals surface area (Å²) < 4.78 is 5.28. The zero-order valence-corrected chi connectivity index (χ0v) is 16.4. The normalized spacial score (nSPS) is 10.9. The second-order valence-electron chi connectivity index (χ2n) is 5.71. The Hall–Kier alpha value is -2.22. The fourth-order valence-electron chi connectivity index (χ4n) is 2.55. The zero-order valence-electron chi connectivity index (χ0n) is 14.8. The van der Waals surface area contributed by atoms with Crippen molar-refractivity contribution in [1.82, 2.24) is 9.88 Å². The molecule has 0 aliphatic heterocycles. The van der Waals surface area contributed by atoms with E-state index in [1.807, 2.05) is 31.2 Å². The number of aromatic nitrogens is 1. The molecule has 0 aliphatic rings. The van der Waals surface area contributed by atoms with Crippen LogP contribution in [0.2, 0.25) is 0 Å². The molecule has 0 bridgehead atoms. The number of carbonyl (C=O) groups excluding carboxylic acids is 1. The summed E-state index contributed by atoms with van der Waals surface area (Å²) in [7, 11) is 1.59. The van der Waals surface area contributed by atoms with Gasteiger partial charge in [-0.15, -0.1) is 11.3 Å².